The highest BCUT2D eigenvalue weighted by Gasteiger charge is 2.15. The quantitative estimate of drug-likeness (QED) is 0.283. The van der Waals surface area contributed by atoms with Gasteiger partial charge in [0.05, 0.1) is 14.2 Å². The van der Waals surface area contributed by atoms with Crippen LogP contribution in [0.3, 0.4) is 0 Å². The minimum atomic E-state index is -0.149. The van der Waals surface area contributed by atoms with E-state index in [4.69, 9.17) is 9.47 Å². The van der Waals surface area contributed by atoms with Gasteiger partial charge < -0.3 is 25.0 Å². The smallest absolute Gasteiger partial charge is 0.260 e. The van der Waals surface area contributed by atoms with Crippen LogP contribution in [-0.4, -0.2) is 64.8 Å². The second-order valence-corrected chi connectivity index (χ2v) is 8.69. The summed E-state index contributed by atoms with van der Waals surface area (Å²) in [7, 11) is 3.17. The zero-order chi connectivity index (χ0) is 27.1. The van der Waals surface area contributed by atoms with E-state index in [9.17, 15) is 4.79 Å². The number of likely N-dealkylation sites (N-methyl/N-ethyl adjacent to an activating group) is 1. The van der Waals surface area contributed by atoms with Gasteiger partial charge in [-0.05, 0) is 49.8 Å². The van der Waals surface area contributed by atoms with Crippen LogP contribution in [0.15, 0.2) is 53.6 Å². The third kappa shape index (κ3) is 6.03. The number of pyridine rings is 2. The fraction of sp³-hybridized carbons (Fsp3) is 0.357. The van der Waals surface area contributed by atoms with Gasteiger partial charge in [-0.25, -0.2) is 9.97 Å². The molecule has 3 aromatic heterocycles. The summed E-state index contributed by atoms with van der Waals surface area (Å²) in [6.45, 7) is 10.5. The zero-order valence-corrected chi connectivity index (χ0v) is 22.6. The van der Waals surface area contributed by atoms with E-state index in [1.165, 1.54) is 0 Å². The van der Waals surface area contributed by atoms with Gasteiger partial charge in [0, 0.05) is 60.8 Å². The summed E-state index contributed by atoms with van der Waals surface area (Å²) >= 11 is 0. The largest absolute Gasteiger partial charge is 0.497 e. The van der Waals surface area contributed by atoms with Gasteiger partial charge in [-0.3, -0.25) is 9.36 Å². The number of hydrogen-bond acceptors (Lipinski definition) is 9. The molecule has 0 saturated carbocycles. The number of nitrogens with zero attached hydrogens (tertiary/aromatic N) is 5. The number of ether oxygens (including phenoxy) is 2. The molecule has 4 rings (SSSR count). The molecule has 0 saturated heterocycles. The number of nitrogens with one attached hydrogen (secondary N) is 2. The molecule has 3 heterocycles. The number of aromatic nitrogens is 4. The fourth-order valence-electron chi connectivity index (χ4n) is 4.30. The standard InChI is InChI=1S/C28H35N7O3/c1-6-34(7-2)12-11-30-25-16-21(9-10-29-25)32-28-31-18-20-15-24(27(36)35(8-3)26(20)33-28)19-13-22(37-4)17-23(14-19)38-5/h9-10,13-18H,6-8,11-12H2,1-5H3,(H2,29,30,31,32,33). The van der Waals surface area contributed by atoms with E-state index in [2.05, 4.69) is 44.3 Å². The molecule has 0 atom stereocenters. The van der Waals surface area contributed by atoms with Gasteiger partial charge in [-0.1, -0.05) is 13.8 Å². The molecule has 0 aliphatic heterocycles. The summed E-state index contributed by atoms with van der Waals surface area (Å²) in [5, 5.41) is 7.36. The molecule has 0 amide bonds. The first kappa shape index (κ1) is 26.9. The molecular formula is C28H35N7O3. The Morgan fingerprint density at radius 2 is 1.71 bits per heavy atom. The van der Waals surface area contributed by atoms with Crippen molar-refractivity contribution < 1.29 is 9.47 Å². The summed E-state index contributed by atoms with van der Waals surface area (Å²) in [6.07, 6.45) is 3.46. The first-order valence-corrected chi connectivity index (χ1v) is 12.8. The molecule has 2 N–H and O–H groups in total. The summed E-state index contributed by atoms with van der Waals surface area (Å²) < 4.78 is 12.4. The zero-order valence-electron chi connectivity index (χ0n) is 22.6. The van der Waals surface area contributed by atoms with Crippen molar-refractivity contribution in [2.45, 2.75) is 27.3 Å². The fourth-order valence-corrected chi connectivity index (χ4v) is 4.30. The minimum Gasteiger partial charge on any atom is -0.497 e. The van der Waals surface area contributed by atoms with E-state index in [0.29, 0.717) is 40.8 Å². The second-order valence-electron chi connectivity index (χ2n) is 8.69. The van der Waals surface area contributed by atoms with Crippen molar-refractivity contribution in [3.05, 3.63) is 59.1 Å². The predicted octanol–water partition coefficient (Wildman–Crippen LogP) is 4.39. The Bertz CT molecular complexity index is 1430. The first-order valence-electron chi connectivity index (χ1n) is 12.8. The SMILES string of the molecule is CCN(CC)CCNc1cc(Nc2ncc3cc(-c4cc(OC)cc(OC)c4)c(=O)n(CC)c3n2)ccn1. The van der Waals surface area contributed by atoms with Crippen LogP contribution in [0.5, 0.6) is 11.5 Å². The third-order valence-electron chi connectivity index (χ3n) is 6.45. The summed E-state index contributed by atoms with van der Waals surface area (Å²) in [4.78, 5) is 29.5. The van der Waals surface area contributed by atoms with Crippen LogP contribution in [0.1, 0.15) is 20.8 Å². The highest BCUT2D eigenvalue weighted by molar-refractivity contribution is 5.82. The average molecular weight is 518 g/mol. The van der Waals surface area contributed by atoms with Crippen molar-refractivity contribution in [2.24, 2.45) is 0 Å². The average Bonchev–Trinajstić information content (AvgIpc) is 2.95. The number of fused-ring (bicyclic) bond motifs is 1. The van der Waals surface area contributed by atoms with Crippen LogP contribution in [0.2, 0.25) is 0 Å². The van der Waals surface area contributed by atoms with Gasteiger partial charge in [-0.2, -0.15) is 4.98 Å². The Morgan fingerprint density at radius 1 is 0.974 bits per heavy atom. The first-order chi connectivity index (χ1) is 18.5. The lowest BCUT2D eigenvalue weighted by molar-refractivity contribution is 0.316. The molecule has 0 radical (unpaired) electrons. The van der Waals surface area contributed by atoms with Crippen LogP contribution in [0.4, 0.5) is 17.5 Å². The Labute approximate surface area is 222 Å². The molecule has 0 aliphatic carbocycles. The number of benzene rings is 1. The van der Waals surface area contributed by atoms with Crippen LogP contribution in [-0.2, 0) is 6.54 Å². The molecule has 4 aromatic rings. The van der Waals surface area contributed by atoms with E-state index < -0.39 is 0 Å². The van der Waals surface area contributed by atoms with E-state index >= 15 is 0 Å². The van der Waals surface area contributed by atoms with E-state index in [-0.39, 0.29) is 5.56 Å². The molecule has 10 nitrogen and oxygen atoms in total. The van der Waals surface area contributed by atoms with Crippen LogP contribution in [0.25, 0.3) is 22.2 Å². The molecule has 200 valence electrons. The summed E-state index contributed by atoms with van der Waals surface area (Å²) in [6, 6.07) is 11.0. The minimum absolute atomic E-state index is 0.149. The highest BCUT2D eigenvalue weighted by Crippen LogP contribution is 2.29. The van der Waals surface area contributed by atoms with Crippen molar-refractivity contribution >= 4 is 28.5 Å². The van der Waals surface area contributed by atoms with Gasteiger partial charge in [0.25, 0.3) is 5.56 Å². The molecule has 0 aliphatic rings. The number of aryl methyl sites for hydroxylation is 1. The lowest BCUT2D eigenvalue weighted by atomic mass is 10.1. The maximum atomic E-state index is 13.5. The molecule has 38 heavy (non-hydrogen) atoms. The lowest BCUT2D eigenvalue weighted by Gasteiger charge is -2.18. The maximum absolute atomic E-state index is 13.5. The summed E-state index contributed by atoms with van der Waals surface area (Å²) in [5.41, 5.74) is 2.43. The predicted molar refractivity (Wildman–Crippen MR) is 152 cm³/mol. The Hall–Kier alpha value is -4.18. The Kier molecular flexibility index (Phi) is 8.75. The highest BCUT2D eigenvalue weighted by atomic mass is 16.5. The van der Waals surface area contributed by atoms with Crippen LogP contribution >= 0.6 is 0 Å². The van der Waals surface area contributed by atoms with E-state index in [1.54, 1.807) is 37.2 Å². The van der Waals surface area contributed by atoms with Gasteiger partial charge >= 0.3 is 0 Å². The number of anilines is 3. The normalized spacial score (nSPS) is 11.1. The van der Waals surface area contributed by atoms with Crippen LogP contribution in [0, 0.1) is 0 Å². The van der Waals surface area contributed by atoms with Gasteiger partial charge in [0.15, 0.2) is 0 Å². The van der Waals surface area contributed by atoms with Crippen molar-refractivity contribution in [3.8, 4) is 22.6 Å². The molecular weight excluding hydrogens is 482 g/mol. The van der Waals surface area contributed by atoms with Crippen LogP contribution < -0.4 is 25.7 Å². The molecule has 0 unspecified atom stereocenters. The molecule has 0 fully saturated rings. The molecule has 0 bridgehead atoms. The third-order valence-corrected chi connectivity index (χ3v) is 6.45. The van der Waals surface area contributed by atoms with Gasteiger partial charge in [0.2, 0.25) is 5.95 Å². The Morgan fingerprint density at radius 3 is 2.37 bits per heavy atom. The number of methoxy groups -OCH3 is 2. The van der Waals surface area contributed by atoms with Crippen molar-refractivity contribution in [2.75, 3.05) is 51.0 Å². The second kappa shape index (κ2) is 12.4. The van der Waals surface area contributed by atoms with Crippen molar-refractivity contribution in [1.29, 1.82) is 0 Å². The van der Waals surface area contributed by atoms with Crippen molar-refractivity contribution in [1.82, 2.24) is 24.4 Å². The molecule has 10 heteroatoms. The van der Waals surface area contributed by atoms with E-state index in [0.717, 1.165) is 43.1 Å². The summed E-state index contributed by atoms with van der Waals surface area (Å²) in [5.74, 6) is 2.39. The van der Waals surface area contributed by atoms with Gasteiger partial charge in [-0.15, -0.1) is 0 Å². The monoisotopic (exact) mass is 517 g/mol. The topological polar surface area (TPSA) is 106 Å². The number of hydrogen-bond donors (Lipinski definition) is 2. The molecule has 0 spiro atoms. The Balaban J connectivity index is 1.62. The van der Waals surface area contributed by atoms with Crippen molar-refractivity contribution in [3.63, 3.8) is 0 Å². The number of rotatable bonds is 12. The maximum Gasteiger partial charge on any atom is 0.260 e. The van der Waals surface area contributed by atoms with Gasteiger partial charge in [0.1, 0.15) is 23.0 Å². The van der Waals surface area contributed by atoms with E-state index in [1.807, 2.05) is 37.3 Å². The molecule has 1 aromatic carbocycles. The lowest BCUT2D eigenvalue weighted by Crippen LogP contribution is -2.28.